The summed E-state index contributed by atoms with van der Waals surface area (Å²) in [4.78, 5) is 22.6. The molecule has 0 aromatic heterocycles. The Kier molecular flexibility index (Phi) is 6.12. The van der Waals surface area contributed by atoms with Gasteiger partial charge in [0.1, 0.15) is 0 Å². The third kappa shape index (κ3) is 5.09. The van der Waals surface area contributed by atoms with Gasteiger partial charge in [0.25, 0.3) is 0 Å². The number of carbonyl (C=O) groups excluding carboxylic acids is 1. The summed E-state index contributed by atoms with van der Waals surface area (Å²) in [5.41, 5.74) is -0.691. The van der Waals surface area contributed by atoms with E-state index in [4.69, 9.17) is 5.11 Å². The highest BCUT2D eigenvalue weighted by Gasteiger charge is 2.50. The Bertz CT molecular complexity index is 314. The minimum Gasteiger partial charge on any atom is -0.481 e. The van der Waals surface area contributed by atoms with Crippen LogP contribution in [0, 0.1) is 11.3 Å². The molecule has 1 rings (SSSR count). The highest BCUT2D eigenvalue weighted by molar-refractivity contribution is 5.80. The van der Waals surface area contributed by atoms with Gasteiger partial charge in [-0.05, 0) is 25.2 Å². The second-order valence-electron chi connectivity index (χ2n) is 5.57. The van der Waals surface area contributed by atoms with Crippen molar-refractivity contribution in [3.63, 3.8) is 0 Å². The van der Waals surface area contributed by atoms with Gasteiger partial charge in [-0.3, -0.25) is 4.79 Å². The summed E-state index contributed by atoms with van der Waals surface area (Å²) in [6.45, 7) is 5.19. The summed E-state index contributed by atoms with van der Waals surface area (Å²) in [6, 6.07) is -0.248. The first kappa shape index (κ1) is 15.8. The van der Waals surface area contributed by atoms with Crippen LogP contribution in [-0.2, 0) is 4.79 Å². The molecule has 3 N–H and O–H groups in total. The Hall–Kier alpha value is -1.26. The highest BCUT2D eigenvalue weighted by atomic mass is 16.4. The van der Waals surface area contributed by atoms with Crippen LogP contribution in [0.3, 0.4) is 0 Å². The molecule has 0 aliphatic heterocycles. The van der Waals surface area contributed by atoms with Gasteiger partial charge in [-0.25, -0.2) is 4.79 Å². The Balaban J connectivity index is 2.18. The first-order valence-corrected chi connectivity index (χ1v) is 7.29. The predicted molar refractivity (Wildman–Crippen MR) is 74.0 cm³/mol. The number of aliphatic carboxylic acids is 1. The van der Waals surface area contributed by atoms with E-state index in [1.807, 2.05) is 0 Å². The third-order valence-electron chi connectivity index (χ3n) is 3.99. The zero-order chi connectivity index (χ0) is 14.3. The average Bonchev–Trinajstić information content (AvgIpc) is 3.18. The number of unbranched alkanes of at least 4 members (excludes halogenated alkanes) is 1. The van der Waals surface area contributed by atoms with E-state index in [9.17, 15) is 9.59 Å². The molecule has 1 saturated carbocycles. The van der Waals surface area contributed by atoms with Crippen molar-refractivity contribution in [2.24, 2.45) is 11.3 Å². The van der Waals surface area contributed by atoms with Crippen LogP contribution in [0.2, 0.25) is 0 Å². The second kappa shape index (κ2) is 7.36. The lowest BCUT2D eigenvalue weighted by Crippen LogP contribution is -2.42. The molecule has 110 valence electrons. The van der Waals surface area contributed by atoms with Crippen LogP contribution in [0.4, 0.5) is 4.79 Å². The number of carbonyl (C=O) groups is 2. The van der Waals surface area contributed by atoms with Crippen LogP contribution in [-0.4, -0.2) is 30.2 Å². The monoisotopic (exact) mass is 270 g/mol. The molecule has 5 heteroatoms. The summed E-state index contributed by atoms with van der Waals surface area (Å²) in [7, 11) is 0. The lowest BCUT2D eigenvalue weighted by molar-refractivity contribution is -0.143. The summed E-state index contributed by atoms with van der Waals surface area (Å²) in [6.07, 6.45) is 5.87. The van der Waals surface area contributed by atoms with Crippen LogP contribution in [0.1, 0.15) is 52.4 Å². The Morgan fingerprint density at radius 1 is 1.26 bits per heavy atom. The molecule has 0 aromatic carbocycles. The van der Waals surface area contributed by atoms with Crippen LogP contribution in [0.5, 0.6) is 0 Å². The number of nitrogens with one attached hydrogen (secondary N) is 2. The molecular formula is C14H26N2O3. The molecule has 0 spiro atoms. The topological polar surface area (TPSA) is 78.4 Å². The minimum absolute atomic E-state index is 0.236. The van der Waals surface area contributed by atoms with Crippen LogP contribution in [0.15, 0.2) is 0 Å². The van der Waals surface area contributed by atoms with Gasteiger partial charge in [-0.2, -0.15) is 0 Å². The Morgan fingerprint density at radius 2 is 1.95 bits per heavy atom. The van der Waals surface area contributed by atoms with Crippen molar-refractivity contribution in [1.82, 2.24) is 10.6 Å². The maximum absolute atomic E-state index is 11.6. The van der Waals surface area contributed by atoms with Crippen molar-refractivity contribution < 1.29 is 14.7 Å². The first-order chi connectivity index (χ1) is 9.04. The fourth-order valence-electron chi connectivity index (χ4n) is 2.11. The predicted octanol–water partition coefficient (Wildman–Crippen LogP) is 2.37. The van der Waals surface area contributed by atoms with Gasteiger partial charge >= 0.3 is 12.0 Å². The molecule has 0 aromatic rings. The summed E-state index contributed by atoms with van der Waals surface area (Å²) in [5.74, 6) is -0.290. The molecule has 0 radical (unpaired) electrons. The molecule has 5 nitrogen and oxygen atoms in total. The largest absolute Gasteiger partial charge is 0.481 e. The normalized spacial score (nSPS) is 17.6. The van der Waals surface area contributed by atoms with E-state index < -0.39 is 11.4 Å². The van der Waals surface area contributed by atoms with Gasteiger partial charge in [0.05, 0.1) is 5.41 Å². The van der Waals surface area contributed by atoms with Crippen molar-refractivity contribution >= 4 is 12.0 Å². The van der Waals surface area contributed by atoms with Gasteiger partial charge in [-0.1, -0.05) is 33.1 Å². The lowest BCUT2D eigenvalue weighted by atomic mass is 9.99. The van der Waals surface area contributed by atoms with Gasteiger partial charge in [0.15, 0.2) is 0 Å². The summed E-state index contributed by atoms with van der Waals surface area (Å²) < 4.78 is 0. The minimum atomic E-state index is -0.804. The molecule has 2 amide bonds. The van der Waals surface area contributed by atoms with E-state index in [1.165, 1.54) is 12.8 Å². The van der Waals surface area contributed by atoms with Crippen molar-refractivity contribution in [3.05, 3.63) is 0 Å². The van der Waals surface area contributed by atoms with Crippen molar-refractivity contribution in [1.29, 1.82) is 0 Å². The Labute approximate surface area is 115 Å². The van der Waals surface area contributed by atoms with E-state index in [-0.39, 0.29) is 12.6 Å². The quantitative estimate of drug-likeness (QED) is 0.602. The van der Waals surface area contributed by atoms with E-state index >= 15 is 0 Å². The second-order valence-corrected chi connectivity index (χ2v) is 5.57. The fourth-order valence-corrected chi connectivity index (χ4v) is 2.11. The molecule has 1 aliphatic rings. The fraction of sp³-hybridized carbons (Fsp3) is 0.857. The van der Waals surface area contributed by atoms with Crippen molar-refractivity contribution in [3.8, 4) is 0 Å². The van der Waals surface area contributed by atoms with Crippen molar-refractivity contribution in [2.75, 3.05) is 13.1 Å². The van der Waals surface area contributed by atoms with E-state index in [0.717, 1.165) is 12.8 Å². The standard InChI is InChI=1S/C14H26N2O3/c1-3-5-6-11(4-2)9-15-13(19)16-10-14(7-8-14)12(17)18/h11H,3-10H2,1-2H3,(H,17,18)(H2,15,16,19). The lowest BCUT2D eigenvalue weighted by Gasteiger charge is -2.16. The Morgan fingerprint density at radius 3 is 2.42 bits per heavy atom. The highest BCUT2D eigenvalue weighted by Crippen LogP contribution is 2.45. The average molecular weight is 270 g/mol. The molecule has 0 heterocycles. The molecule has 1 atom stereocenters. The molecular weight excluding hydrogens is 244 g/mol. The number of urea groups is 1. The number of hydrogen-bond donors (Lipinski definition) is 3. The van der Waals surface area contributed by atoms with Gasteiger partial charge in [0.2, 0.25) is 0 Å². The molecule has 1 aliphatic carbocycles. The van der Waals surface area contributed by atoms with E-state index in [2.05, 4.69) is 24.5 Å². The number of carboxylic acids is 1. The zero-order valence-corrected chi connectivity index (χ0v) is 12.0. The van der Waals surface area contributed by atoms with Crippen LogP contribution < -0.4 is 10.6 Å². The molecule has 1 unspecified atom stereocenters. The maximum atomic E-state index is 11.6. The molecule has 0 saturated heterocycles. The number of amides is 2. The molecule has 19 heavy (non-hydrogen) atoms. The van der Waals surface area contributed by atoms with Gasteiger partial charge < -0.3 is 15.7 Å². The van der Waals surface area contributed by atoms with E-state index in [1.54, 1.807) is 0 Å². The number of carboxylic acid groups (broad SMARTS) is 1. The smallest absolute Gasteiger partial charge is 0.314 e. The number of rotatable bonds is 9. The summed E-state index contributed by atoms with van der Waals surface area (Å²) >= 11 is 0. The SMILES string of the molecule is CCCCC(CC)CNC(=O)NCC1(C(=O)O)CC1. The first-order valence-electron chi connectivity index (χ1n) is 7.29. The van der Waals surface area contributed by atoms with Crippen molar-refractivity contribution in [2.45, 2.75) is 52.4 Å². The molecule has 0 bridgehead atoms. The van der Waals surface area contributed by atoms with Crippen LogP contribution >= 0.6 is 0 Å². The van der Waals surface area contributed by atoms with Gasteiger partial charge in [-0.15, -0.1) is 0 Å². The van der Waals surface area contributed by atoms with Crippen LogP contribution in [0.25, 0.3) is 0 Å². The maximum Gasteiger partial charge on any atom is 0.314 e. The molecule has 1 fully saturated rings. The van der Waals surface area contributed by atoms with E-state index in [0.29, 0.717) is 25.3 Å². The third-order valence-corrected chi connectivity index (χ3v) is 3.99. The van der Waals surface area contributed by atoms with Gasteiger partial charge in [0, 0.05) is 13.1 Å². The zero-order valence-electron chi connectivity index (χ0n) is 12.0. The summed E-state index contributed by atoms with van der Waals surface area (Å²) in [5, 5.41) is 14.5. The number of hydrogen-bond acceptors (Lipinski definition) is 2.